The van der Waals surface area contributed by atoms with Crippen molar-refractivity contribution in [2.45, 2.75) is 31.5 Å². The van der Waals surface area contributed by atoms with Gasteiger partial charge in [0, 0.05) is 17.5 Å². The second-order valence-corrected chi connectivity index (χ2v) is 8.54. The molecule has 0 radical (unpaired) electrons. The van der Waals surface area contributed by atoms with Gasteiger partial charge in [-0.1, -0.05) is 12.1 Å². The lowest BCUT2D eigenvalue weighted by Crippen LogP contribution is -2.26. The second-order valence-electron chi connectivity index (χ2n) is 6.78. The molecular formula is C21H20F3NO6S. The van der Waals surface area contributed by atoms with E-state index in [-0.39, 0.29) is 36.0 Å². The Morgan fingerprint density at radius 3 is 2.59 bits per heavy atom. The fourth-order valence-corrected chi connectivity index (χ4v) is 4.13. The van der Waals surface area contributed by atoms with Gasteiger partial charge in [0.1, 0.15) is 11.3 Å². The van der Waals surface area contributed by atoms with Crippen LogP contribution in [0.4, 0.5) is 13.2 Å². The van der Waals surface area contributed by atoms with E-state index in [1.54, 1.807) is 19.9 Å². The van der Waals surface area contributed by atoms with Crippen LogP contribution in [0.2, 0.25) is 0 Å². The molecule has 7 nitrogen and oxygen atoms in total. The van der Waals surface area contributed by atoms with Crippen molar-refractivity contribution in [2.24, 2.45) is 0 Å². The summed E-state index contributed by atoms with van der Waals surface area (Å²) in [4.78, 5) is 11.9. The molecule has 0 bridgehead atoms. The Morgan fingerprint density at radius 2 is 1.91 bits per heavy atom. The molecular weight excluding hydrogens is 451 g/mol. The summed E-state index contributed by atoms with van der Waals surface area (Å²) in [5, 5.41) is 0.452. The first kappa shape index (κ1) is 23.6. The van der Waals surface area contributed by atoms with Gasteiger partial charge in [-0.25, -0.2) is 17.9 Å². The first-order valence-electron chi connectivity index (χ1n) is 9.55. The van der Waals surface area contributed by atoms with Crippen LogP contribution in [0.3, 0.4) is 0 Å². The molecule has 3 rings (SSSR count). The van der Waals surface area contributed by atoms with Crippen molar-refractivity contribution in [1.82, 2.24) is 4.72 Å². The van der Waals surface area contributed by atoms with E-state index in [1.807, 2.05) is 0 Å². The minimum atomic E-state index is -4.81. The lowest BCUT2D eigenvalue weighted by molar-refractivity contribution is -0.274. The smallest absolute Gasteiger partial charge is 0.460 e. The third-order valence-corrected chi connectivity index (χ3v) is 5.98. The standard InChI is InChI=1S/C21H20F3NO6S/c1-3-29-20(26)19-13(2)17-12-16(7-8-18(17)30-19)32(27,28)25-10-9-14-5-4-6-15(11-14)31-21(22,23)24/h4-8,11-12,25H,3,9-10H2,1-2H3. The van der Waals surface area contributed by atoms with E-state index in [0.717, 1.165) is 6.07 Å². The molecule has 11 heteroatoms. The van der Waals surface area contributed by atoms with Gasteiger partial charge < -0.3 is 13.9 Å². The molecule has 0 atom stereocenters. The summed E-state index contributed by atoms with van der Waals surface area (Å²) in [6.07, 6.45) is -4.66. The van der Waals surface area contributed by atoms with Gasteiger partial charge in [0.15, 0.2) is 0 Å². The SMILES string of the molecule is CCOC(=O)c1oc2ccc(S(=O)(=O)NCCc3cccc(OC(F)(F)F)c3)cc2c1C. The highest BCUT2D eigenvalue weighted by Gasteiger charge is 2.31. The van der Waals surface area contributed by atoms with Crippen molar-refractivity contribution in [3.63, 3.8) is 0 Å². The van der Waals surface area contributed by atoms with Crippen molar-refractivity contribution in [3.05, 3.63) is 59.4 Å². The molecule has 1 aromatic heterocycles. The molecule has 0 fully saturated rings. The van der Waals surface area contributed by atoms with Gasteiger partial charge in [-0.3, -0.25) is 0 Å². The van der Waals surface area contributed by atoms with Crippen LogP contribution in [-0.4, -0.2) is 33.9 Å². The van der Waals surface area contributed by atoms with Gasteiger partial charge in [0.05, 0.1) is 11.5 Å². The number of nitrogens with one attached hydrogen (secondary N) is 1. The number of carbonyl (C=O) groups is 1. The van der Waals surface area contributed by atoms with Crippen LogP contribution in [0.1, 0.15) is 28.6 Å². The Balaban J connectivity index is 1.72. The van der Waals surface area contributed by atoms with Crippen LogP contribution in [0.15, 0.2) is 51.8 Å². The van der Waals surface area contributed by atoms with Crippen molar-refractivity contribution < 1.29 is 40.3 Å². The number of fused-ring (bicyclic) bond motifs is 1. The predicted octanol–water partition coefficient (Wildman–Crippen LogP) is 4.34. The van der Waals surface area contributed by atoms with Crippen molar-refractivity contribution in [1.29, 1.82) is 0 Å². The molecule has 1 N–H and O–H groups in total. The Kier molecular flexibility index (Phi) is 6.79. The maximum absolute atomic E-state index is 12.7. The van der Waals surface area contributed by atoms with Gasteiger partial charge in [-0.15, -0.1) is 13.2 Å². The third kappa shape index (κ3) is 5.60. The Hall–Kier alpha value is -3.05. The van der Waals surface area contributed by atoms with E-state index < -0.39 is 22.4 Å². The highest BCUT2D eigenvalue weighted by Crippen LogP contribution is 2.28. The molecule has 0 spiro atoms. The maximum Gasteiger partial charge on any atom is 0.573 e. The molecule has 0 saturated carbocycles. The molecule has 0 saturated heterocycles. The van der Waals surface area contributed by atoms with Crippen LogP contribution in [0.25, 0.3) is 11.0 Å². The van der Waals surface area contributed by atoms with Crippen molar-refractivity contribution in [2.75, 3.05) is 13.2 Å². The Morgan fingerprint density at radius 1 is 1.16 bits per heavy atom. The lowest BCUT2D eigenvalue weighted by atomic mass is 10.1. The zero-order chi connectivity index (χ0) is 23.5. The molecule has 0 aliphatic carbocycles. The Bertz CT molecular complexity index is 1230. The number of benzene rings is 2. The number of hydrogen-bond acceptors (Lipinski definition) is 6. The average Bonchev–Trinajstić information content (AvgIpc) is 3.03. The summed E-state index contributed by atoms with van der Waals surface area (Å²) in [5.41, 5.74) is 1.26. The molecule has 2 aromatic carbocycles. The molecule has 0 amide bonds. The van der Waals surface area contributed by atoms with Crippen molar-refractivity contribution >= 4 is 27.0 Å². The summed E-state index contributed by atoms with van der Waals surface area (Å²) in [5.74, 6) is -1.01. The van der Waals surface area contributed by atoms with Gasteiger partial charge >= 0.3 is 12.3 Å². The minimum absolute atomic E-state index is 0.00492. The fourth-order valence-electron chi connectivity index (χ4n) is 3.07. The quantitative estimate of drug-likeness (QED) is 0.491. The molecule has 32 heavy (non-hydrogen) atoms. The zero-order valence-electron chi connectivity index (χ0n) is 17.2. The minimum Gasteiger partial charge on any atom is -0.460 e. The number of hydrogen-bond donors (Lipinski definition) is 1. The highest BCUT2D eigenvalue weighted by atomic mass is 32.2. The largest absolute Gasteiger partial charge is 0.573 e. The van der Waals surface area contributed by atoms with E-state index in [9.17, 15) is 26.4 Å². The monoisotopic (exact) mass is 471 g/mol. The average molecular weight is 471 g/mol. The van der Waals surface area contributed by atoms with Crippen LogP contribution >= 0.6 is 0 Å². The first-order chi connectivity index (χ1) is 15.0. The molecule has 3 aromatic rings. The van der Waals surface area contributed by atoms with Gasteiger partial charge in [-0.2, -0.15) is 0 Å². The number of carbonyl (C=O) groups excluding carboxylic acids is 1. The third-order valence-electron chi connectivity index (χ3n) is 4.52. The van der Waals surface area contributed by atoms with Gasteiger partial charge in [0.2, 0.25) is 15.8 Å². The van der Waals surface area contributed by atoms with E-state index in [1.165, 1.54) is 30.3 Å². The van der Waals surface area contributed by atoms with E-state index in [4.69, 9.17) is 9.15 Å². The highest BCUT2D eigenvalue weighted by molar-refractivity contribution is 7.89. The van der Waals surface area contributed by atoms with Crippen LogP contribution in [-0.2, 0) is 21.2 Å². The van der Waals surface area contributed by atoms with E-state index >= 15 is 0 Å². The topological polar surface area (TPSA) is 94.8 Å². The summed E-state index contributed by atoms with van der Waals surface area (Å²) in [6.45, 7) is 3.40. The summed E-state index contributed by atoms with van der Waals surface area (Å²) in [7, 11) is -3.92. The maximum atomic E-state index is 12.7. The molecule has 0 aliphatic rings. The number of furan rings is 1. The van der Waals surface area contributed by atoms with Crippen LogP contribution in [0.5, 0.6) is 5.75 Å². The number of alkyl halides is 3. The summed E-state index contributed by atoms with van der Waals surface area (Å²) >= 11 is 0. The summed E-state index contributed by atoms with van der Waals surface area (Å²) < 4.78 is 79.1. The zero-order valence-corrected chi connectivity index (χ0v) is 18.0. The first-order valence-corrected chi connectivity index (χ1v) is 11.0. The van der Waals surface area contributed by atoms with Crippen molar-refractivity contribution in [3.8, 4) is 5.75 Å². The molecule has 0 unspecified atom stereocenters. The van der Waals surface area contributed by atoms with Gasteiger partial charge in [-0.05, 0) is 56.2 Å². The lowest BCUT2D eigenvalue weighted by Gasteiger charge is -2.10. The fraction of sp³-hybridized carbons (Fsp3) is 0.286. The number of halogens is 3. The normalized spacial score (nSPS) is 12.2. The van der Waals surface area contributed by atoms with Gasteiger partial charge in [0.25, 0.3) is 0 Å². The van der Waals surface area contributed by atoms with E-state index in [0.29, 0.717) is 22.1 Å². The number of sulfonamides is 1. The Labute approximate surface area is 182 Å². The number of esters is 1. The number of ether oxygens (including phenoxy) is 2. The summed E-state index contributed by atoms with van der Waals surface area (Å²) in [6, 6.07) is 9.47. The number of aryl methyl sites for hydroxylation is 1. The number of rotatable bonds is 8. The van der Waals surface area contributed by atoms with Crippen LogP contribution < -0.4 is 9.46 Å². The predicted molar refractivity (Wildman–Crippen MR) is 109 cm³/mol. The second kappa shape index (κ2) is 9.21. The molecule has 172 valence electrons. The molecule has 0 aliphatic heterocycles. The van der Waals surface area contributed by atoms with E-state index in [2.05, 4.69) is 9.46 Å². The molecule has 1 heterocycles. The van der Waals surface area contributed by atoms with Crippen LogP contribution in [0, 0.1) is 6.92 Å².